The molecule has 0 aliphatic heterocycles. The Hall–Kier alpha value is -1.43. The molecule has 0 amide bonds. The van der Waals surface area contributed by atoms with Crippen LogP contribution in [0.3, 0.4) is 0 Å². The van der Waals surface area contributed by atoms with E-state index in [0.29, 0.717) is 17.6 Å². The van der Waals surface area contributed by atoms with Crippen LogP contribution in [0.1, 0.15) is 69.5 Å². The van der Waals surface area contributed by atoms with Gasteiger partial charge in [0.25, 0.3) is 0 Å². The van der Waals surface area contributed by atoms with Crippen molar-refractivity contribution >= 4 is 5.97 Å². The fourth-order valence-electron chi connectivity index (χ4n) is 4.03. The van der Waals surface area contributed by atoms with Gasteiger partial charge in [0, 0.05) is 0 Å². The summed E-state index contributed by atoms with van der Waals surface area (Å²) in [6.45, 7) is 0.222. The Labute approximate surface area is 130 Å². The largest absolute Gasteiger partial charge is 0.481 e. The molecule has 1 aromatic heterocycles. The third-order valence-electron chi connectivity index (χ3n) is 5.42. The predicted molar refractivity (Wildman–Crippen MR) is 80.0 cm³/mol. The molecule has 2 unspecified atom stereocenters. The molecule has 6 nitrogen and oxygen atoms in total. The number of carboxylic acid groups (broad SMARTS) is 1. The molecule has 2 fully saturated rings. The normalized spacial score (nSPS) is 28.7. The van der Waals surface area contributed by atoms with E-state index < -0.39 is 11.4 Å². The van der Waals surface area contributed by atoms with Crippen LogP contribution >= 0.6 is 0 Å². The highest BCUT2D eigenvalue weighted by atomic mass is 16.5. The number of rotatable bonds is 7. The van der Waals surface area contributed by atoms with Crippen LogP contribution in [0, 0.1) is 11.8 Å². The van der Waals surface area contributed by atoms with Crippen molar-refractivity contribution in [2.24, 2.45) is 17.6 Å². The zero-order valence-corrected chi connectivity index (χ0v) is 13.0. The second-order valence-electron chi connectivity index (χ2n) is 6.93. The Morgan fingerprint density at radius 1 is 1.32 bits per heavy atom. The molecule has 2 aliphatic rings. The van der Waals surface area contributed by atoms with E-state index in [4.69, 9.17) is 10.3 Å². The first kappa shape index (κ1) is 15.5. The molecular weight excluding hydrogens is 282 g/mol. The first-order valence-corrected chi connectivity index (χ1v) is 8.39. The maximum Gasteiger partial charge on any atom is 0.304 e. The minimum absolute atomic E-state index is 0.0779. The molecule has 2 atom stereocenters. The van der Waals surface area contributed by atoms with Crippen molar-refractivity contribution in [3.8, 4) is 0 Å². The number of nitrogens with zero attached hydrogens (tertiary/aromatic N) is 2. The molecule has 2 aliphatic carbocycles. The quantitative estimate of drug-likeness (QED) is 0.802. The molecule has 3 N–H and O–H groups in total. The molecular formula is C16H25N3O3. The first-order valence-electron chi connectivity index (χ1n) is 8.39. The lowest BCUT2D eigenvalue weighted by atomic mass is 9.84. The van der Waals surface area contributed by atoms with Crippen LogP contribution in [0.15, 0.2) is 4.52 Å². The Bertz CT molecular complexity index is 524. The molecule has 2 saturated carbocycles. The van der Waals surface area contributed by atoms with Crippen LogP contribution in [0.5, 0.6) is 0 Å². The third-order valence-corrected chi connectivity index (χ3v) is 5.42. The Balaban J connectivity index is 1.63. The second kappa shape index (κ2) is 6.36. The van der Waals surface area contributed by atoms with Crippen LogP contribution in [-0.2, 0) is 16.8 Å². The summed E-state index contributed by atoms with van der Waals surface area (Å²) in [6.07, 6.45) is 9.91. The summed E-state index contributed by atoms with van der Waals surface area (Å²) in [7, 11) is 0. The summed E-state index contributed by atoms with van der Waals surface area (Å²) in [5.74, 6) is 1.31. The summed E-state index contributed by atoms with van der Waals surface area (Å²) in [5.41, 5.74) is 5.07. The highest BCUT2D eigenvalue weighted by Gasteiger charge is 2.60. The fourth-order valence-corrected chi connectivity index (χ4v) is 4.03. The van der Waals surface area contributed by atoms with E-state index in [1.807, 2.05) is 0 Å². The van der Waals surface area contributed by atoms with Crippen molar-refractivity contribution in [1.82, 2.24) is 10.1 Å². The summed E-state index contributed by atoms with van der Waals surface area (Å²) in [6, 6.07) is 0. The van der Waals surface area contributed by atoms with Crippen molar-refractivity contribution in [1.29, 1.82) is 0 Å². The Morgan fingerprint density at radius 2 is 2.09 bits per heavy atom. The van der Waals surface area contributed by atoms with Crippen molar-refractivity contribution in [2.45, 2.75) is 69.7 Å². The topological polar surface area (TPSA) is 102 Å². The standard InChI is InChI=1S/C16H25N3O3/c17-10-13-18-15(22-19-13)16(9-14(20)21)8-12(16)7-6-11-4-2-1-3-5-11/h11-12H,1-10,17H2,(H,20,21). The summed E-state index contributed by atoms with van der Waals surface area (Å²) < 4.78 is 5.30. The van der Waals surface area contributed by atoms with E-state index in [1.54, 1.807) is 0 Å². The van der Waals surface area contributed by atoms with Crippen LogP contribution in [0.4, 0.5) is 0 Å². The molecule has 0 radical (unpaired) electrons. The van der Waals surface area contributed by atoms with Gasteiger partial charge in [-0.25, -0.2) is 0 Å². The predicted octanol–water partition coefficient (Wildman–Crippen LogP) is 2.62. The molecule has 1 heterocycles. The highest BCUT2D eigenvalue weighted by Crippen LogP contribution is 2.58. The van der Waals surface area contributed by atoms with Gasteiger partial charge in [-0.05, 0) is 24.7 Å². The van der Waals surface area contributed by atoms with Crippen molar-refractivity contribution in [3.63, 3.8) is 0 Å². The number of nitrogens with two attached hydrogens (primary N) is 1. The number of aromatic nitrogens is 2. The zero-order valence-electron chi connectivity index (χ0n) is 13.0. The Kier molecular flexibility index (Phi) is 4.47. The SMILES string of the molecule is NCc1noc(C2(CC(=O)O)CC2CCC2CCCCC2)n1. The molecule has 1 aromatic rings. The van der Waals surface area contributed by atoms with Gasteiger partial charge in [0.05, 0.1) is 18.4 Å². The number of carboxylic acids is 1. The van der Waals surface area contributed by atoms with E-state index in [1.165, 1.54) is 38.5 Å². The molecule has 0 saturated heterocycles. The second-order valence-corrected chi connectivity index (χ2v) is 6.93. The van der Waals surface area contributed by atoms with Gasteiger partial charge in [0.1, 0.15) is 0 Å². The van der Waals surface area contributed by atoms with Crippen LogP contribution in [-0.4, -0.2) is 21.2 Å². The average molecular weight is 307 g/mol. The lowest BCUT2D eigenvalue weighted by Gasteiger charge is -2.21. The first-order chi connectivity index (χ1) is 10.6. The third kappa shape index (κ3) is 3.16. The maximum absolute atomic E-state index is 11.2. The summed E-state index contributed by atoms with van der Waals surface area (Å²) in [5, 5.41) is 13.1. The molecule has 0 bridgehead atoms. The van der Waals surface area contributed by atoms with Gasteiger partial charge >= 0.3 is 5.97 Å². The maximum atomic E-state index is 11.2. The van der Waals surface area contributed by atoms with E-state index >= 15 is 0 Å². The monoisotopic (exact) mass is 307 g/mol. The number of hydrogen-bond acceptors (Lipinski definition) is 5. The van der Waals surface area contributed by atoms with Crippen LogP contribution in [0.2, 0.25) is 0 Å². The molecule has 6 heteroatoms. The van der Waals surface area contributed by atoms with Gasteiger partial charge in [-0.3, -0.25) is 4.79 Å². The minimum atomic E-state index is -0.798. The van der Waals surface area contributed by atoms with Gasteiger partial charge in [0.15, 0.2) is 5.82 Å². The van der Waals surface area contributed by atoms with Gasteiger partial charge in [-0.2, -0.15) is 4.98 Å². The number of hydrogen-bond donors (Lipinski definition) is 2. The average Bonchev–Trinajstić information content (AvgIpc) is 2.98. The Morgan fingerprint density at radius 3 is 2.73 bits per heavy atom. The fraction of sp³-hybridized carbons (Fsp3) is 0.812. The van der Waals surface area contributed by atoms with Crippen molar-refractivity contribution < 1.29 is 14.4 Å². The van der Waals surface area contributed by atoms with Gasteiger partial charge in [-0.15, -0.1) is 0 Å². The minimum Gasteiger partial charge on any atom is -0.481 e. The van der Waals surface area contributed by atoms with Crippen LogP contribution < -0.4 is 5.73 Å². The molecule has 122 valence electrons. The van der Waals surface area contributed by atoms with E-state index in [0.717, 1.165) is 18.8 Å². The lowest BCUT2D eigenvalue weighted by molar-refractivity contribution is -0.138. The van der Waals surface area contributed by atoms with Gasteiger partial charge in [0.2, 0.25) is 5.89 Å². The lowest BCUT2D eigenvalue weighted by Crippen LogP contribution is -2.17. The summed E-state index contributed by atoms with van der Waals surface area (Å²) in [4.78, 5) is 15.5. The number of aliphatic carboxylic acids is 1. The van der Waals surface area contributed by atoms with E-state index in [9.17, 15) is 9.90 Å². The zero-order chi connectivity index (χ0) is 15.6. The summed E-state index contributed by atoms with van der Waals surface area (Å²) >= 11 is 0. The van der Waals surface area contributed by atoms with Gasteiger partial charge in [-0.1, -0.05) is 43.7 Å². The van der Waals surface area contributed by atoms with Crippen molar-refractivity contribution in [2.75, 3.05) is 0 Å². The molecule has 0 aromatic carbocycles. The van der Waals surface area contributed by atoms with Crippen LogP contribution in [0.25, 0.3) is 0 Å². The molecule has 22 heavy (non-hydrogen) atoms. The van der Waals surface area contributed by atoms with E-state index in [2.05, 4.69) is 10.1 Å². The van der Waals surface area contributed by atoms with Crippen molar-refractivity contribution in [3.05, 3.63) is 11.7 Å². The van der Waals surface area contributed by atoms with Gasteiger partial charge < -0.3 is 15.4 Å². The number of carbonyl (C=O) groups is 1. The molecule has 0 spiro atoms. The van der Waals surface area contributed by atoms with E-state index in [-0.39, 0.29) is 13.0 Å². The molecule has 3 rings (SSSR count). The smallest absolute Gasteiger partial charge is 0.304 e. The highest BCUT2D eigenvalue weighted by molar-refractivity contribution is 5.69.